The van der Waals surface area contributed by atoms with Crippen molar-refractivity contribution < 1.29 is 9.47 Å². The van der Waals surface area contributed by atoms with E-state index in [1.165, 1.54) is 0 Å². The second-order valence-electron chi connectivity index (χ2n) is 4.00. The first-order valence-corrected chi connectivity index (χ1v) is 5.26. The molecule has 1 saturated heterocycles. The Kier molecular flexibility index (Phi) is 4.59. The van der Waals surface area contributed by atoms with Crippen molar-refractivity contribution in [1.82, 2.24) is 0 Å². The molecule has 90 valence electrons. The average Bonchev–Trinajstić information content (AvgIpc) is 2.30. The van der Waals surface area contributed by atoms with E-state index in [2.05, 4.69) is 6.07 Å². The molecule has 2 N–H and O–H groups in total. The molecule has 16 heavy (non-hydrogen) atoms. The molecule has 1 heterocycles. The van der Waals surface area contributed by atoms with Gasteiger partial charge in [-0.05, 0) is 30.5 Å². The summed E-state index contributed by atoms with van der Waals surface area (Å²) >= 11 is 0. The second kappa shape index (κ2) is 5.53. The fraction of sp³-hybridized carbons (Fsp3) is 0.500. The highest BCUT2D eigenvalue weighted by atomic mass is 35.5. The van der Waals surface area contributed by atoms with Crippen molar-refractivity contribution in [3.8, 4) is 5.75 Å². The van der Waals surface area contributed by atoms with Crippen LogP contribution in [0.4, 0.5) is 0 Å². The second-order valence-corrected chi connectivity index (χ2v) is 4.00. The maximum absolute atomic E-state index is 6.37. The number of ether oxygens (including phenoxy) is 2. The van der Waals surface area contributed by atoms with Gasteiger partial charge in [0.05, 0.1) is 7.11 Å². The summed E-state index contributed by atoms with van der Waals surface area (Å²) in [4.78, 5) is 0. The van der Waals surface area contributed by atoms with Gasteiger partial charge in [-0.25, -0.2) is 0 Å². The summed E-state index contributed by atoms with van der Waals surface area (Å²) < 4.78 is 10.5. The van der Waals surface area contributed by atoms with E-state index in [-0.39, 0.29) is 17.9 Å². The Bertz CT molecular complexity index is 338. The Morgan fingerprint density at radius 3 is 2.62 bits per heavy atom. The van der Waals surface area contributed by atoms with Gasteiger partial charge < -0.3 is 15.2 Å². The van der Waals surface area contributed by atoms with Crippen LogP contribution in [0, 0.1) is 0 Å². The van der Waals surface area contributed by atoms with Crippen molar-refractivity contribution in [3.63, 3.8) is 0 Å². The SMILES string of the molecule is COc1cccc(C2(N)CCOCC2)c1.Cl. The summed E-state index contributed by atoms with van der Waals surface area (Å²) in [5.74, 6) is 0.865. The molecular formula is C12H18ClNO2. The number of benzene rings is 1. The number of nitrogens with two attached hydrogens (primary N) is 1. The van der Waals surface area contributed by atoms with E-state index >= 15 is 0 Å². The zero-order valence-electron chi connectivity index (χ0n) is 9.44. The van der Waals surface area contributed by atoms with Crippen molar-refractivity contribution in [3.05, 3.63) is 29.8 Å². The predicted octanol–water partition coefficient (Wildman–Crippen LogP) is 2.08. The lowest BCUT2D eigenvalue weighted by atomic mass is 9.84. The molecular weight excluding hydrogens is 226 g/mol. The monoisotopic (exact) mass is 243 g/mol. The summed E-state index contributed by atoms with van der Waals surface area (Å²) in [5, 5.41) is 0. The molecule has 0 atom stereocenters. The summed E-state index contributed by atoms with van der Waals surface area (Å²) in [6.45, 7) is 1.49. The van der Waals surface area contributed by atoms with Crippen LogP contribution in [0.5, 0.6) is 5.75 Å². The third-order valence-corrected chi connectivity index (χ3v) is 3.03. The third-order valence-electron chi connectivity index (χ3n) is 3.03. The fourth-order valence-corrected chi connectivity index (χ4v) is 1.96. The van der Waals surface area contributed by atoms with Crippen molar-refractivity contribution in [2.24, 2.45) is 5.73 Å². The summed E-state index contributed by atoms with van der Waals surface area (Å²) in [6, 6.07) is 8.00. The van der Waals surface area contributed by atoms with Crippen LogP contribution in [0.3, 0.4) is 0 Å². The van der Waals surface area contributed by atoms with Gasteiger partial charge in [0, 0.05) is 18.8 Å². The van der Waals surface area contributed by atoms with Crippen molar-refractivity contribution in [1.29, 1.82) is 0 Å². The Morgan fingerprint density at radius 2 is 2.00 bits per heavy atom. The van der Waals surface area contributed by atoms with Crippen LogP contribution in [0.25, 0.3) is 0 Å². The highest BCUT2D eigenvalue weighted by Gasteiger charge is 2.29. The van der Waals surface area contributed by atoms with E-state index in [4.69, 9.17) is 15.2 Å². The molecule has 0 unspecified atom stereocenters. The van der Waals surface area contributed by atoms with Crippen LogP contribution in [0.1, 0.15) is 18.4 Å². The minimum atomic E-state index is -0.243. The summed E-state index contributed by atoms with van der Waals surface area (Å²) in [7, 11) is 1.67. The lowest BCUT2D eigenvalue weighted by Gasteiger charge is -2.34. The van der Waals surface area contributed by atoms with Gasteiger partial charge in [-0.3, -0.25) is 0 Å². The molecule has 4 heteroatoms. The van der Waals surface area contributed by atoms with Gasteiger partial charge in [0.15, 0.2) is 0 Å². The molecule has 0 amide bonds. The van der Waals surface area contributed by atoms with Crippen molar-refractivity contribution >= 4 is 12.4 Å². The van der Waals surface area contributed by atoms with Gasteiger partial charge >= 0.3 is 0 Å². The van der Waals surface area contributed by atoms with E-state index in [1.54, 1.807) is 7.11 Å². The summed E-state index contributed by atoms with van der Waals surface area (Å²) in [6.07, 6.45) is 1.75. The number of halogens is 1. The zero-order chi connectivity index (χ0) is 10.7. The minimum absolute atomic E-state index is 0. The third kappa shape index (κ3) is 2.67. The van der Waals surface area contributed by atoms with Crippen LogP contribution in [0.15, 0.2) is 24.3 Å². The van der Waals surface area contributed by atoms with E-state index in [0.717, 1.165) is 37.4 Å². The van der Waals surface area contributed by atoms with Crippen LogP contribution >= 0.6 is 12.4 Å². The van der Waals surface area contributed by atoms with E-state index < -0.39 is 0 Å². The molecule has 1 aromatic rings. The molecule has 1 aliphatic heterocycles. The Morgan fingerprint density at radius 1 is 1.31 bits per heavy atom. The quantitative estimate of drug-likeness (QED) is 0.865. The number of hydrogen-bond acceptors (Lipinski definition) is 3. The first-order valence-electron chi connectivity index (χ1n) is 5.26. The molecule has 0 saturated carbocycles. The number of methoxy groups -OCH3 is 1. The first kappa shape index (κ1) is 13.3. The highest BCUT2D eigenvalue weighted by molar-refractivity contribution is 5.85. The summed E-state index contributed by atoms with van der Waals surface area (Å²) in [5.41, 5.74) is 7.27. The van der Waals surface area contributed by atoms with Gasteiger partial charge in [0.1, 0.15) is 5.75 Å². The molecule has 1 aromatic carbocycles. The standard InChI is InChI=1S/C12H17NO2.ClH/c1-14-11-4-2-3-10(9-11)12(13)5-7-15-8-6-12;/h2-4,9H,5-8,13H2,1H3;1H. The number of hydrogen-bond donors (Lipinski definition) is 1. The van der Waals surface area contributed by atoms with E-state index in [1.807, 2.05) is 18.2 Å². The van der Waals surface area contributed by atoms with Crippen LogP contribution in [-0.4, -0.2) is 20.3 Å². The normalized spacial score (nSPS) is 18.6. The molecule has 2 rings (SSSR count). The van der Waals surface area contributed by atoms with Gasteiger partial charge in [-0.1, -0.05) is 12.1 Å². The molecule has 3 nitrogen and oxygen atoms in total. The first-order chi connectivity index (χ1) is 7.24. The molecule has 0 aromatic heterocycles. The smallest absolute Gasteiger partial charge is 0.119 e. The van der Waals surface area contributed by atoms with Crippen LogP contribution in [0.2, 0.25) is 0 Å². The lowest BCUT2D eigenvalue weighted by molar-refractivity contribution is 0.0522. The van der Waals surface area contributed by atoms with Gasteiger partial charge in [0.2, 0.25) is 0 Å². The predicted molar refractivity (Wildman–Crippen MR) is 66.2 cm³/mol. The van der Waals surface area contributed by atoms with Gasteiger partial charge in [-0.2, -0.15) is 0 Å². The lowest BCUT2D eigenvalue weighted by Crippen LogP contribution is -2.42. The Balaban J connectivity index is 0.00000128. The average molecular weight is 244 g/mol. The van der Waals surface area contributed by atoms with E-state index in [0.29, 0.717) is 0 Å². The van der Waals surface area contributed by atoms with Gasteiger partial charge in [-0.15, -0.1) is 12.4 Å². The topological polar surface area (TPSA) is 44.5 Å². The minimum Gasteiger partial charge on any atom is -0.497 e. The van der Waals surface area contributed by atoms with E-state index in [9.17, 15) is 0 Å². The molecule has 0 bridgehead atoms. The largest absolute Gasteiger partial charge is 0.497 e. The maximum Gasteiger partial charge on any atom is 0.119 e. The van der Waals surface area contributed by atoms with Crippen LogP contribution < -0.4 is 10.5 Å². The molecule has 1 aliphatic rings. The zero-order valence-corrected chi connectivity index (χ0v) is 10.3. The fourth-order valence-electron chi connectivity index (χ4n) is 1.96. The van der Waals surface area contributed by atoms with Crippen LogP contribution in [-0.2, 0) is 10.3 Å². The maximum atomic E-state index is 6.37. The van der Waals surface area contributed by atoms with Gasteiger partial charge in [0.25, 0.3) is 0 Å². The molecule has 0 radical (unpaired) electrons. The Hall–Kier alpha value is -0.770. The molecule has 0 aliphatic carbocycles. The van der Waals surface area contributed by atoms with Crippen molar-refractivity contribution in [2.75, 3.05) is 20.3 Å². The number of rotatable bonds is 2. The molecule has 0 spiro atoms. The highest BCUT2D eigenvalue weighted by Crippen LogP contribution is 2.31. The van der Waals surface area contributed by atoms with Crippen molar-refractivity contribution in [2.45, 2.75) is 18.4 Å². The Labute approximate surface area is 102 Å². The molecule has 1 fully saturated rings.